The third-order valence-corrected chi connectivity index (χ3v) is 4.77. The van der Waals surface area contributed by atoms with Gasteiger partial charge in [0.15, 0.2) is 5.96 Å². The van der Waals surface area contributed by atoms with Gasteiger partial charge < -0.3 is 10.6 Å². The first kappa shape index (κ1) is 16.4. The summed E-state index contributed by atoms with van der Waals surface area (Å²) in [4.78, 5) is 4.83. The summed E-state index contributed by atoms with van der Waals surface area (Å²) in [7, 11) is 0. The summed E-state index contributed by atoms with van der Waals surface area (Å²) >= 11 is 0. The molecule has 0 radical (unpaired) electrons. The van der Waals surface area contributed by atoms with Crippen molar-refractivity contribution in [3.05, 3.63) is 101 Å². The molecular formula is C23H23N3. The van der Waals surface area contributed by atoms with Crippen molar-refractivity contribution in [2.24, 2.45) is 4.99 Å². The van der Waals surface area contributed by atoms with Crippen molar-refractivity contribution < 1.29 is 0 Å². The van der Waals surface area contributed by atoms with Gasteiger partial charge in [-0.3, -0.25) is 4.99 Å². The zero-order chi connectivity index (χ0) is 17.8. The van der Waals surface area contributed by atoms with Gasteiger partial charge in [-0.1, -0.05) is 78.4 Å². The molecule has 1 aliphatic heterocycles. The summed E-state index contributed by atoms with van der Waals surface area (Å²) in [6, 6.07) is 27.6. The lowest BCUT2D eigenvalue weighted by atomic mass is 9.90. The maximum absolute atomic E-state index is 4.83. The van der Waals surface area contributed by atoms with Crippen LogP contribution in [0.5, 0.6) is 0 Å². The van der Waals surface area contributed by atoms with Crippen molar-refractivity contribution in [1.29, 1.82) is 0 Å². The van der Waals surface area contributed by atoms with Gasteiger partial charge in [-0.2, -0.15) is 0 Å². The summed E-state index contributed by atoms with van der Waals surface area (Å²) < 4.78 is 0. The van der Waals surface area contributed by atoms with E-state index in [0.29, 0.717) is 0 Å². The maximum Gasteiger partial charge on any atom is 0.196 e. The van der Waals surface area contributed by atoms with Crippen LogP contribution in [0.15, 0.2) is 83.9 Å². The van der Waals surface area contributed by atoms with Crippen molar-refractivity contribution in [1.82, 2.24) is 5.32 Å². The molecule has 0 saturated heterocycles. The minimum absolute atomic E-state index is 0.262. The van der Waals surface area contributed by atoms with Gasteiger partial charge in [0, 0.05) is 18.2 Å². The molecule has 0 aliphatic carbocycles. The normalized spacial score (nSPS) is 16.0. The van der Waals surface area contributed by atoms with E-state index in [-0.39, 0.29) is 5.92 Å². The van der Waals surface area contributed by atoms with E-state index in [0.717, 1.165) is 24.7 Å². The number of para-hydroxylation sites is 1. The zero-order valence-electron chi connectivity index (χ0n) is 14.9. The van der Waals surface area contributed by atoms with Gasteiger partial charge in [-0.05, 0) is 29.7 Å². The Morgan fingerprint density at radius 2 is 1.77 bits per heavy atom. The monoisotopic (exact) mass is 341 g/mol. The van der Waals surface area contributed by atoms with E-state index in [1.807, 2.05) is 0 Å². The Morgan fingerprint density at radius 1 is 0.962 bits per heavy atom. The molecule has 1 aliphatic rings. The Bertz CT molecular complexity index is 916. The molecule has 1 unspecified atom stereocenters. The number of hydrogen-bond donors (Lipinski definition) is 2. The first-order chi connectivity index (χ1) is 12.8. The first-order valence-electron chi connectivity index (χ1n) is 9.04. The predicted octanol–water partition coefficient (Wildman–Crippen LogP) is 4.70. The van der Waals surface area contributed by atoms with E-state index >= 15 is 0 Å². The molecule has 1 atom stereocenters. The van der Waals surface area contributed by atoms with Crippen LogP contribution in [0, 0.1) is 6.92 Å². The number of rotatable bonds is 3. The molecule has 1 heterocycles. The second-order valence-electron chi connectivity index (χ2n) is 6.71. The van der Waals surface area contributed by atoms with Gasteiger partial charge >= 0.3 is 0 Å². The van der Waals surface area contributed by atoms with Crippen molar-refractivity contribution >= 4 is 11.6 Å². The quantitative estimate of drug-likeness (QED) is 0.724. The molecule has 3 heteroatoms. The molecule has 0 spiro atoms. The summed E-state index contributed by atoms with van der Waals surface area (Å²) in [6.07, 6.45) is 0. The van der Waals surface area contributed by atoms with E-state index in [4.69, 9.17) is 4.99 Å². The Balaban J connectivity index is 1.58. The van der Waals surface area contributed by atoms with Crippen LogP contribution in [0.1, 0.15) is 28.2 Å². The fourth-order valence-corrected chi connectivity index (χ4v) is 3.44. The van der Waals surface area contributed by atoms with Crippen LogP contribution in [0.4, 0.5) is 5.69 Å². The maximum atomic E-state index is 4.83. The molecule has 3 aromatic carbocycles. The highest BCUT2D eigenvalue weighted by molar-refractivity contribution is 5.95. The molecule has 2 N–H and O–H groups in total. The number of benzene rings is 3. The van der Waals surface area contributed by atoms with Crippen LogP contribution in [0.2, 0.25) is 0 Å². The Labute approximate surface area is 154 Å². The molecule has 3 nitrogen and oxygen atoms in total. The third-order valence-electron chi connectivity index (χ3n) is 4.77. The molecule has 130 valence electrons. The average Bonchev–Trinajstić information content (AvgIpc) is 2.86. The lowest BCUT2D eigenvalue weighted by molar-refractivity contribution is 0.817. The lowest BCUT2D eigenvalue weighted by Crippen LogP contribution is -2.30. The van der Waals surface area contributed by atoms with Crippen molar-refractivity contribution in [2.75, 3.05) is 11.9 Å². The average molecular weight is 341 g/mol. The van der Waals surface area contributed by atoms with Crippen LogP contribution in [-0.2, 0) is 6.54 Å². The highest BCUT2D eigenvalue weighted by Gasteiger charge is 2.20. The summed E-state index contributed by atoms with van der Waals surface area (Å²) in [6.45, 7) is 3.60. The van der Waals surface area contributed by atoms with E-state index in [2.05, 4.69) is 96.4 Å². The second kappa shape index (κ2) is 7.44. The number of hydrogen-bond acceptors (Lipinski definition) is 3. The molecule has 0 saturated carbocycles. The molecule has 0 aromatic heterocycles. The predicted molar refractivity (Wildman–Crippen MR) is 109 cm³/mol. The van der Waals surface area contributed by atoms with Gasteiger partial charge in [0.05, 0.1) is 6.54 Å². The number of aryl methyl sites for hydroxylation is 1. The highest BCUT2D eigenvalue weighted by atomic mass is 15.2. The molecule has 3 aromatic rings. The third kappa shape index (κ3) is 3.62. The van der Waals surface area contributed by atoms with Crippen LogP contribution in [0.25, 0.3) is 0 Å². The first-order valence-corrected chi connectivity index (χ1v) is 9.04. The molecule has 0 bridgehead atoms. The standard InChI is InChI=1S/C23H23N3/c1-17-8-7-9-18(14-17)15-24-23-25-16-21(19-10-3-2-4-11-19)20-12-5-6-13-22(20)26-23/h2-14,21H,15-16H2,1H3,(H2,24,25,26). The number of nitrogens with one attached hydrogen (secondary N) is 2. The Kier molecular flexibility index (Phi) is 4.69. The molecule has 0 fully saturated rings. The van der Waals surface area contributed by atoms with Crippen LogP contribution in [-0.4, -0.2) is 12.5 Å². The van der Waals surface area contributed by atoms with Crippen molar-refractivity contribution in [3.8, 4) is 0 Å². The lowest BCUT2D eigenvalue weighted by Gasteiger charge is -2.17. The van der Waals surface area contributed by atoms with E-state index in [1.165, 1.54) is 22.3 Å². The number of anilines is 1. The minimum Gasteiger partial charge on any atom is -0.352 e. The molecule has 0 amide bonds. The minimum atomic E-state index is 0.262. The summed E-state index contributed by atoms with van der Waals surface area (Å²) in [5, 5.41) is 6.94. The van der Waals surface area contributed by atoms with Crippen LogP contribution in [0.3, 0.4) is 0 Å². The summed E-state index contributed by atoms with van der Waals surface area (Å²) in [5.74, 6) is 1.09. The second-order valence-corrected chi connectivity index (χ2v) is 6.71. The molecular weight excluding hydrogens is 318 g/mol. The fourth-order valence-electron chi connectivity index (χ4n) is 3.44. The topological polar surface area (TPSA) is 36.4 Å². The largest absolute Gasteiger partial charge is 0.352 e. The number of aliphatic imine (C=N–C) groups is 1. The molecule has 26 heavy (non-hydrogen) atoms. The fraction of sp³-hybridized carbons (Fsp3) is 0.174. The number of guanidine groups is 1. The van der Waals surface area contributed by atoms with E-state index < -0.39 is 0 Å². The van der Waals surface area contributed by atoms with E-state index in [1.54, 1.807) is 0 Å². The Morgan fingerprint density at radius 3 is 2.62 bits per heavy atom. The number of fused-ring (bicyclic) bond motifs is 1. The van der Waals surface area contributed by atoms with Crippen molar-refractivity contribution in [2.45, 2.75) is 19.4 Å². The molecule has 4 rings (SSSR count). The van der Waals surface area contributed by atoms with Gasteiger partial charge in [0.2, 0.25) is 0 Å². The smallest absolute Gasteiger partial charge is 0.196 e. The summed E-state index contributed by atoms with van der Waals surface area (Å²) in [5.41, 5.74) is 6.23. The SMILES string of the molecule is Cc1cccc(CNC2=NCC(c3ccccc3)c3ccccc3N2)c1. The number of nitrogens with zero attached hydrogens (tertiary/aromatic N) is 1. The van der Waals surface area contributed by atoms with Crippen LogP contribution >= 0.6 is 0 Å². The van der Waals surface area contributed by atoms with E-state index in [9.17, 15) is 0 Å². The van der Waals surface area contributed by atoms with Gasteiger partial charge in [0.1, 0.15) is 0 Å². The van der Waals surface area contributed by atoms with Crippen molar-refractivity contribution in [3.63, 3.8) is 0 Å². The Hall–Kier alpha value is -3.07. The van der Waals surface area contributed by atoms with Gasteiger partial charge in [-0.25, -0.2) is 0 Å². The highest BCUT2D eigenvalue weighted by Crippen LogP contribution is 2.32. The van der Waals surface area contributed by atoms with Gasteiger partial charge in [0.25, 0.3) is 0 Å². The van der Waals surface area contributed by atoms with Gasteiger partial charge in [-0.15, -0.1) is 0 Å². The zero-order valence-corrected chi connectivity index (χ0v) is 14.9. The van der Waals surface area contributed by atoms with Crippen LogP contribution < -0.4 is 10.6 Å².